The fourth-order valence-electron chi connectivity index (χ4n) is 2.76. The Morgan fingerprint density at radius 3 is 2.48 bits per heavy atom. The van der Waals surface area contributed by atoms with E-state index in [1.807, 2.05) is 43.3 Å². The second-order valence-electron chi connectivity index (χ2n) is 8.20. The van der Waals surface area contributed by atoms with E-state index in [2.05, 4.69) is 46.4 Å². The van der Waals surface area contributed by atoms with E-state index in [0.29, 0.717) is 36.6 Å². The second kappa shape index (κ2) is 12.4. The van der Waals surface area contributed by atoms with Crippen molar-refractivity contribution < 1.29 is 13.9 Å². The first-order chi connectivity index (χ1) is 15.4. The van der Waals surface area contributed by atoms with Gasteiger partial charge in [0.05, 0.1) is 26.4 Å². The Labute approximate surface area is 212 Å². The summed E-state index contributed by atoms with van der Waals surface area (Å²) in [4.78, 5) is 13.3. The summed E-state index contributed by atoms with van der Waals surface area (Å²) in [5.41, 5.74) is 0.894. The molecular weight excluding hydrogens is 533 g/mol. The molecule has 0 spiro atoms. The van der Waals surface area contributed by atoms with Gasteiger partial charge in [-0.05, 0) is 24.6 Å². The Kier molecular flexibility index (Phi) is 9.95. The highest BCUT2D eigenvalue weighted by atomic mass is 127. The number of hydrogen-bond acceptors (Lipinski definition) is 6. The summed E-state index contributed by atoms with van der Waals surface area (Å²) in [6, 6.07) is 11.2. The van der Waals surface area contributed by atoms with E-state index < -0.39 is 0 Å². The number of nitrogens with one attached hydrogen (secondary N) is 2. The molecule has 0 saturated heterocycles. The van der Waals surface area contributed by atoms with Crippen LogP contribution >= 0.6 is 24.0 Å². The predicted octanol–water partition coefficient (Wildman–Crippen LogP) is 5.04. The van der Waals surface area contributed by atoms with Crippen LogP contribution in [-0.2, 0) is 18.5 Å². The number of halogens is 1. The van der Waals surface area contributed by atoms with Crippen LogP contribution in [0.4, 0.5) is 0 Å². The predicted molar refractivity (Wildman–Crippen MR) is 140 cm³/mol. The lowest BCUT2D eigenvalue weighted by Crippen LogP contribution is -2.36. The topological polar surface area (TPSA) is 93.8 Å². The van der Waals surface area contributed by atoms with E-state index in [1.54, 1.807) is 19.5 Å². The van der Waals surface area contributed by atoms with Gasteiger partial charge < -0.3 is 24.5 Å². The molecule has 0 fully saturated rings. The summed E-state index contributed by atoms with van der Waals surface area (Å²) in [7, 11) is 1.62. The van der Waals surface area contributed by atoms with Crippen LogP contribution < -0.4 is 20.1 Å². The lowest BCUT2D eigenvalue weighted by atomic mass is 9.94. The SMILES string of the molecule is CCNC(=NCc1ccc(Oc2cccc(OC)c2)nc1)NCc1ncc(C(C)(C)C)o1.I. The standard InChI is InChI=1S/C24H31N5O3.HI/c1-6-25-23(29-16-22-27-15-20(32-22)24(2,3)4)28-14-17-10-11-21(26-13-17)31-19-9-7-8-18(12-19)30-5;/h7-13,15H,6,14,16H2,1-5H3,(H2,25,28,29);1H. The minimum absolute atomic E-state index is 0. The number of ether oxygens (including phenoxy) is 2. The van der Waals surface area contributed by atoms with E-state index >= 15 is 0 Å². The largest absolute Gasteiger partial charge is 0.497 e. The van der Waals surface area contributed by atoms with Crippen LogP contribution in [0.25, 0.3) is 0 Å². The van der Waals surface area contributed by atoms with E-state index in [0.717, 1.165) is 23.6 Å². The van der Waals surface area contributed by atoms with Crippen LogP contribution in [0.3, 0.4) is 0 Å². The normalized spacial score (nSPS) is 11.5. The smallest absolute Gasteiger partial charge is 0.219 e. The van der Waals surface area contributed by atoms with Crippen molar-refractivity contribution in [2.45, 2.75) is 46.2 Å². The van der Waals surface area contributed by atoms with Crippen LogP contribution in [0.15, 0.2) is 58.2 Å². The van der Waals surface area contributed by atoms with Gasteiger partial charge in [-0.3, -0.25) is 0 Å². The maximum absolute atomic E-state index is 5.83. The summed E-state index contributed by atoms with van der Waals surface area (Å²) in [6.45, 7) is 9.97. The van der Waals surface area contributed by atoms with E-state index in [4.69, 9.17) is 13.9 Å². The number of oxazole rings is 1. The first-order valence-corrected chi connectivity index (χ1v) is 10.6. The van der Waals surface area contributed by atoms with Crippen molar-refractivity contribution in [2.24, 2.45) is 4.99 Å². The Balaban J connectivity index is 0.00000385. The second-order valence-corrected chi connectivity index (χ2v) is 8.20. The highest BCUT2D eigenvalue weighted by Gasteiger charge is 2.19. The van der Waals surface area contributed by atoms with Gasteiger partial charge in [0.2, 0.25) is 11.8 Å². The molecule has 2 aromatic heterocycles. The Morgan fingerprint density at radius 2 is 1.85 bits per heavy atom. The van der Waals surface area contributed by atoms with Gasteiger partial charge in [0, 0.05) is 30.3 Å². The molecule has 9 heteroatoms. The monoisotopic (exact) mass is 565 g/mol. The summed E-state index contributed by atoms with van der Waals surface area (Å²) < 4.78 is 16.8. The maximum Gasteiger partial charge on any atom is 0.219 e. The molecule has 0 radical (unpaired) electrons. The number of methoxy groups -OCH3 is 1. The molecule has 0 aliphatic rings. The molecule has 0 amide bonds. The van der Waals surface area contributed by atoms with Crippen molar-refractivity contribution in [3.63, 3.8) is 0 Å². The van der Waals surface area contributed by atoms with Crippen molar-refractivity contribution in [2.75, 3.05) is 13.7 Å². The van der Waals surface area contributed by atoms with Crippen LogP contribution in [-0.4, -0.2) is 29.6 Å². The van der Waals surface area contributed by atoms with Gasteiger partial charge in [0.1, 0.15) is 17.3 Å². The number of pyridine rings is 1. The molecule has 0 unspecified atom stereocenters. The zero-order valence-electron chi connectivity index (χ0n) is 19.7. The number of benzene rings is 1. The Morgan fingerprint density at radius 1 is 1.06 bits per heavy atom. The first kappa shape index (κ1) is 26.4. The molecule has 178 valence electrons. The molecule has 0 bridgehead atoms. The molecule has 33 heavy (non-hydrogen) atoms. The first-order valence-electron chi connectivity index (χ1n) is 10.6. The molecular formula is C24H32IN5O3. The van der Waals surface area contributed by atoms with E-state index in [1.165, 1.54) is 0 Å². The molecule has 2 heterocycles. The van der Waals surface area contributed by atoms with Gasteiger partial charge in [-0.1, -0.05) is 32.9 Å². The lowest BCUT2D eigenvalue weighted by Gasteiger charge is -2.13. The third-order valence-corrected chi connectivity index (χ3v) is 4.53. The van der Waals surface area contributed by atoms with Crippen LogP contribution in [0.5, 0.6) is 17.4 Å². The molecule has 3 rings (SSSR count). The van der Waals surface area contributed by atoms with Gasteiger partial charge in [0.25, 0.3) is 0 Å². The third-order valence-electron chi connectivity index (χ3n) is 4.53. The zero-order valence-corrected chi connectivity index (χ0v) is 22.0. The molecule has 0 aliphatic carbocycles. The average molecular weight is 565 g/mol. The summed E-state index contributed by atoms with van der Waals surface area (Å²) in [5.74, 6) is 4.08. The highest BCUT2D eigenvalue weighted by molar-refractivity contribution is 14.0. The van der Waals surface area contributed by atoms with Crippen LogP contribution in [0.2, 0.25) is 0 Å². The maximum atomic E-state index is 5.83. The van der Waals surface area contributed by atoms with Gasteiger partial charge in [-0.2, -0.15) is 0 Å². The van der Waals surface area contributed by atoms with Gasteiger partial charge >= 0.3 is 0 Å². The van der Waals surface area contributed by atoms with Gasteiger partial charge in [0.15, 0.2) is 5.96 Å². The fourth-order valence-corrected chi connectivity index (χ4v) is 2.76. The molecule has 0 saturated carbocycles. The summed E-state index contributed by atoms with van der Waals surface area (Å²) in [5, 5.41) is 6.48. The molecule has 2 N–H and O–H groups in total. The Bertz CT molecular complexity index is 1030. The summed E-state index contributed by atoms with van der Waals surface area (Å²) >= 11 is 0. The average Bonchev–Trinajstić information content (AvgIpc) is 3.27. The fraction of sp³-hybridized carbons (Fsp3) is 0.375. The number of hydrogen-bond donors (Lipinski definition) is 2. The Hall–Kier alpha value is -2.82. The summed E-state index contributed by atoms with van der Waals surface area (Å²) in [6.07, 6.45) is 3.54. The van der Waals surface area contributed by atoms with Crippen LogP contribution in [0, 0.1) is 0 Å². The minimum atomic E-state index is -0.0701. The van der Waals surface area contributed by atoms with Crippen molar-refractivity contribution in [1.29, 1.82) is 0 Å². The van der Waals surface area contributed by atoms with Gasteiger partial charge in [-0.15, -0.1) is 24.0 Å². The zero-order chi connectivity index (χ0) is 23.0. The van der Waals surface area contributed by atoms with Crippen molar-refractivity contribution in [3.05, 3.63) is 66.0 Å². The highest BCUT2D eigenvalue weighted by Crippen LogP contribution is 2.24. The lowest BCUT2D eigenvalue weighted by molar-refractivity contribution is 0.379. The van der Waals surface area contributed by atoms with Crippen LogP contribution in [0.1, 0.15) is 44.9 Å². The molecule has 1 aromatic carbocycles. The quantitative estimate of drug-likeness (QED) is 0.225. The number of nitrogens with zero attached hydrogens (tertiary/aromatic N) is 3. The number of guanidine groups is 1. The van der Waals surface area contributed by atoms with E-state index in [-0.39, 0.29) is 29.4 Å². The van der Waals surface area contributed by atoms with Crippen molar-refractivity contribution in [3.8, 4) is 17.4 Å². The molecule has 3 aromatic rings. The number of aliphatic imine (C=N–C) groups is 1. The third kappa shape index (κ3) is 8.23. The van der Waals surface area contributed by atoms with E-state index in [9.17, 15) is 0 Å². The number of aromatic nitrogens is 2. The number of rotatable bonds is 8. The van der Waals surface area contributed by atoms with Crippen molar-refractivity contribution in [1.82, 2.24) is 20.6 Å². The van der Waals surface area contributed by atoms with Gasteiger partial charge in [-0.25, -0.2) is 15.0 Å². The molecule has 8 nitrogen and oxygen atoms in total. The molecule has 0 atom stereocenters. The minimum Gasteiger partial charge on any atom is -0.497 e. The molecule has 0 aliphatic heterocycles. The van der Waals surface area contributed by atoms with Crippen molar-refractivity contribution >= 4 is 29.9 Å².